The lowest BCUT2D eigenvalue weighted by molar-refractivity contribution is 0.226. The van der Waals surface area contributed by atoms with Crippen molar-refractivity contribution < 1.29 is 0 Å². The van der Waals surface area contributed by atoms with Crippen LogP contribution in [0.2, 0.25) is 0 Å². The van der Waals surface area contributed by atoms with Crippen LogP contribution in [0.4, 0.5) is 0 Å². The minimum atomic E-state index is 0.612. The van der Waals surface area contributed by atoms with Crippen LogP contribution in [0.3, 0.4) is 0 Å². The minimum Gasteiger partial charge on any atom is -0.217 e. The van der Waals surface area contributed by atoms with Gasteiger partial charge in [0.1, 0.15) is 5.82 Å². The molecule has 1 heterocycles. The maximum absolute atomic E-state index is 4.90. The lowest BCUT2D eigenvalue weighted by Crippen LogP contribution is -2.26. The third-order valence-electron chi connectivity index (χ3n) is 5.28. The number of aromatic nitrogens is 3. The van der Waals surface area contributed by atoms with E-state index in [9.17, 15) is 0 Å². The largest absolute Gasteiger partial charge is 0.217 e. The smallest absolute Gasteiger partial charge is 0.151 e. The lowest BCUT2D eigenvalue weighted by atomic mass is 9.71. The highest BCUT2D eigenvalue weighted by Gasteiger charge is 2.54. The molecule has 2 aromatic rings. The van der Waals surface area contributed by atoms with Crippen LogP contribution in [0, 0.1) is 19.3 Å². The van der Waals surface area contributed by atoms with Crippen LogP contribution in [0.25, 0.3) is 5.69 Å². The van der Waals surface area contributed by atoms with Crippen molar-refractivity contribution in [2.75, 3.05) is 0 Å². The van der Waals surface area contributed by atoms with Crippen LogP contribution in [-0.2, 0) is 6.42 Å². The molecule has 2 saturated carbocycles. The molecule has 2 aliphatic rings. The van der Waals surface area contributed by atoms with Gasteiger partial charge >= 0.3 is 0 Å². The van der Waals surface area contributed by atoms with Crippen LogP contribution in [0.1, 0.15) is 67.7 Å². The van der Waals surface area contributed by atoms with Crippen LogP contribution in [-0.4, -0.2) is 14.8 Å². The summed E-state index contributed by atoms with van der Waals surface area (Å²) < 4.78 is 2.13. The van der Waals surface area contributed by atoms with Gasteiger partial charge in [-0.1, -0.05) is 13.0 Å². The van der Waals surface area contributed by atoms with Gasteiger partial charge in [-0.25, -0.2) is 9.67 Å². The molecule has 1 aromatic heterocycles. The van der Waals surface area contributed by atoms with Crippen molar-refractivity contribution in [3.8, 4) is 5.69 Å². The van der Waals surface area contributed by atoms with Crippen molar-refractivity contribution in [1.82, 2.24) is 14.8 Å². The Morgan fingerprint density at radius 3 is 2.41 bits per heavy atom. The van der Waals surface area contributed by atoms with Gasteiger partial charge in [0.05, 0.1) is 5.69 Å². The molecule has 4 rings (SSSR count). The van der Waals surface area contributed by atoms with E-state index in [0.29, 0.717) is 11.3 Å². The Labute approximate surface area is 132 Å². The number of hydrogen-bond donors (Lipinski definition) is 0. The molecule has 1 spiro atoms. The van der Waals surface area contributed by atoms with Crippen LogP contribution >= 0.6 is 0 Å². The van der Waals surface area contributed by atoms with E-state index in [-0.39, 0.29) is 0 Å². The van der Waals surface area contributed by atoms with Crippen molar-refractivity contribution in [3.05, 3.63) is 41.0 Å². The van der Waals surface area contributed by atoms with E-state index in [4.69, 9.17) is 10.1 Å². The summed E-state index contributed by atoms with van der Waals surface area (Å²) in [5, 5.41) is 4.83. The van der Waals surface area contributed by atoms with Gasteiger partial charge in [-0.3, -0.25) is 0 Å². The normalized spacial score (nSPS) is 19.4. The fourth-order valence-electron chi connectivity index (χ4n) is 3.98. The Bertz CT molecular complexity index is 681. The molecule has 0 unspecified atom stereocenters. The molecule has 0 bridgehead atoms. The molecule has 116 valence electrons. The fraction of sp³-hybridized carbons (Fsp3) is 0.579. The SMILES string of the molecule is CCCc1nc(C2CC3(CC3)C2)n(-c2cc(C)cc(C)c2)n1. The maximum Gasteiger partial charge on any atom is 0.151 e. The van der Waals surface area contributed by atoms with Gasteiger partial charge in [0, 0.05) is 12.3 Å². The number of rotatable bonds is 4. The molecule has 22 heavy (non-hydrogen) atoms. The van der Waals surface area contributed by atoms with Crippen molar-refractivity contribution in [3.63, 3.8) is 0 Å². The van der Waals surface area contributed by atoms with Crippen molar-refractivity contribution >= 4 is 0 Å². The topological polar surface area (TPSA) is 30.7 Å². The first-order valence-corrected chi connectivity index (χ1v) is 8.63. The highest BCUT2D eigenvalue weighted by molar-refractivity contribution is 5.40. The van der Waals surface area contributed by atoms with Gasteiger partial charge in [0.25, 0.3) is 0 Å². The Morgan fingerprint density at radius 2 is 1.82 bits per heavy atom. The lowest BCUT2D eigenvalue weighted by Gasteiger charge is -2.35. The Hall–Kier alpha value is -1.64. The Morgan fingerprint density at radius 1 is 1.14 bits per heavy atom. The summed E-state index contributed by atoms with van der Waals surface area (Å²) in [6.45, 7) is 6.50. The molecule has 0 atom stereocenters. The molecule has 0 amide bonds. The summed E-state index contributed by atoms with van der Waals surface area (Å²) in [4.78, 5) is 4.90. The zero-order chi connectivity index (χ0) is 15.3. The third kappa shape index (κ3) is 2.37. The van der Waals surface area contributed by atoms with Gasteiger partial charge in [-0.05, 0) is 74.6 Å². The second kappa shape index (κ2) is 4.94. The Balaban J connectivity index is 1.72. The third-order valence-corrected chi connectivity index (χ3v) is 5.28. The number of nitrogens with zero attached hydrogens (tertiary/aromatic N) is 3. The van der Waals surface area contributed by atoms with Crippen molar-refractivity contribution in [1.29, 1.82) is 0 Å². The summed E-state index contributed by atoms with van der Waals surface area (Å²) in [6, 6.07) is 6.68. The molecule has 2 fully saturated rings. The fourth-order valence-corrected chi connectivity index (χ4v) is 3.98. The predicted molar refractivity (Wildman–Crippen MR) is 88.5 cm³/mol. The van der Waals surface area contributed by atoms with E-state index in [1.165, 1.54) is 48.3 Å². The van der Waals surface area contributed by atoms with Crippen LogP contribution in [0.15, 0.2) is 18.2 Å². The quantitative estimate of drug-likeness (QED) is 0.831. The summed E-state index contributed by atoms with van der Waals surface area (Å²) in [7, 11) is 0. The van der Waals surface area contributed by atoms with E-state index in [1.807, 2.05) is 0 Å². The van der Waals surface area contributed by atoms with E-state index in [0.717, 1.165) is 18.7 Å². The van der Waals surface area contributed by atoms with E-state index in [2.05, 4.69) is 43.7 Å². The predicted octanol–water partition coefficient (Wildman–Crippen LogP) is 4.49. The first-order valence-electron chi connectivity index (χ1n) is 8.63. The van der Waals surface area contributed by atoms with Gasteiger partial charge in [-0.15, -0.1) is 0 Å². The standard InChI is InChI=1S/C19H25N3/c1-4-5-17-20-18(15-11-19(12-15)6-7-19)22(21-17)16-9-13(2)8-14(3)10-16/h8-10,15H,4-7,11-12H2,1-3H3. The number of aryl methyl sites for hydroxylation is 3. The zero-order valence-electron chi connectivity index (χ0n) is 13.9. The van der Waals surface area contributed by atoms with E-state index < -0.39 is 0 Å². The first kappa shape index (κ1) is 14.0. The molecule has 3 heteroatoms. The van der Waals surface area contributed by atoms with Gasteiger partial charge in [0.2, 0.25) is 0 Å². The highest BCUT2D eigenvalue weighted by atomic mass is 15.4. The molecule has 2 aliphatic carbocycles. The summed E-state index contributed by atoms with van der Waals surface area (Å²) in [5.41, 5.74) is 4.47. The van der Waals surface area contributed by atoms with Crippen LogP contribution < -0.4 is 0 Å². The summed E-state index contributed by atoms with van der Waals surface area (Å²) in [5.74, 6) is 2.82. The van der Waals surface area contributed by atoms with Gasteiger partial charge < -0.3 is 0 Å². The minimum absolute atomic E-state index is 0.612. The summed E-state index contributed by atoms with van der Waals surface area (Å²) in [6.07, 6.45) is 7.59. The molecule has 0 saturated heterocycles. The first-order chi connectivity index (χ1) is 10.6. The van der Waals surface area contributed by atoms with Gasteiger partial charge in [-0.2, -0.15) is 5.10 Å². The maximum atomic E-state index is 4.90. The Kier molecular flexibility index (Phi) is 3.14. The number of benzene rings is 1. The van der Waals surface area contributed by atoms with Crippen molar-refractivity contribution in [2.24, 2.45) is 5.41 Å². The highest BCUT2D eigenvalue weighted by Crippen LogP contribution is 2.66. The average molecular weight is 295 g/mol. The summed E-state index contributed by atoms with van der Waals surface area (Å²) >= 11 is 0. The molecule has 0 N–H and O–H groups in total. The molecule has 1 aromatic carbocycles. The average Bonchev–Trinajstić information content (AvgIpc) is 3.12. The second-order valence-corrected chi connectivity index (χ2v) is 7.50. The van der Waals surface area contributed by atoms with Gasteiger partial charge in [0.15, 0.2) is 5.82 Å². The van der Waals surface area contributed by atoms with Crippen LogP contribution in [0.5, 0.6) is 0 Å². The molecular formula is C19H25N3. The molecule has 0 radical (unpaired) electrons. The van der Waals surface area contributed by atoms with E-state index >= 15 is 0 Å². The van der Waals surface area contributed by atoms with E-state index in [1.54, 1.807) is 0 Å². The molecular weight excluding hydrogens is 270 g/mol. The zero-order valence-corrected chi connectivity index (χ0v) is 13.9. The van der Waals surface area contributed by atoms with Crippen molar-refractivity contribution in [2.45, 2.75) is 65.2 Å². The molecule has 0 aliphatic heterocycles. The second-order valence-electron chi connectivity index (χ2n) is 7.50. The number of hydrogen-bond acceptors (Lipinski definition) is 2. The molecule has 3 nitrogen and oxygen atoms in total. The monoisotopic (exact) mass is 295 g/mol.